The van der Waals surface area contributed by atoms with Crippen LogP contribution < -0.4 is 10.2 Å². The summed E-state index contributed by atoms with van der Waals surface area (Å²) in [4.78, 5) is 29.0. The number of amides is 3. The summed E-state index contributed by atoms with van der Waals surface area (Å²) >= 11 is 0. The van der Waals surface area contributed by atoms with Gasteiger partial charge in [-0.3, -0.25) is 9.69 Å². The fraction of sp³-hybridized carbons (Fsp3) is 0.333. The molecule has 2 heterocycles. The lowest BCUT2D eigenvalue weighted by molar-refractivity contribution is -0.123. The van der Waals surface area contributed by atoms with Crippen molar-refractivity contribution in [1.29, 1.82) is 0 Å². The number of anilines is 1. The van der Waals surface area contributed by atoms with E-state index in [1.54, 1.807) is 18.2 Å². The van der Waals surface area contributed by atoms with Gasteiger partial charge in [0.05, 0.1) is 12.1 Å². The summed E-state index contributed by atoms with van der Waals surface area (Å²) in [6.45, 7) is 13.0. The standard InChI is InChI=1S/C27H30FN3O2/c1-16(2)31-24-11-17(3)20(12-22(24)18(4)14-27(31,5)6)13-23-25(32)30(26(33)29-23)15-19-7-9-21(28)10-8-19/h7-14,16H,15H2,1-6H3,(H,29,33)/b23-13-. The Morgan fingerprint density at radius 2 is 1.76 bits per heavy atom. The third-order valence-corrected chi connectivity index (χ3v) is 6.29. The normalized spacial score (nSPS) is 18.7. The number of aryl methyl sites for hydroxylation is 1. The molecule has 0 unspecified atom stereocenters. The van der Waals surface area contributed by atoms with Crippen LogP contribution >= 0.6 is 0 Å². The molecule has 172 valence electrons. The molecule has 1 N–H and O–H groups in total. The Hall–Kier alpha value is -3.41. The highest BCUT2D eigenvalue weighted by Gasteiger charge is 2.35. The van der Waals surface area contributed by atoms with E-state index in [2.05, 4.69) is 63.0 Å². The molecule has 2 aromatic rings. The number of carbonyl (C=O) groups is 2. The van der Waals surface area contributed by atoms with E-state index in [1.165, 1.54) is 23.4 Å². The van der Waals surface area contributed by atoms with Gasteiger partial charge in [-0.05, 0) is 94.1 Å². The monoisotopic (exact) mass is 447 g/mol. The van der Waals surface area contributed by atoms with Crippen molar-refractivity contribution in [2.24, 2.45) is 0 Å². The smallest absolute Gasteiger partial charge is 0.329 e. The summed E-state index contributed by atoms with van der Waals surface area (Å²) in [6, 6.07) is 9.88. The summed E-state index contributed by atoms with van der Waals surface area (Å²) in [5, 5.41) is 2.69. The van der Waals surface area contributed by atoms with E-state index in [1.807, 2.05) is 6.92 Å². The van der Waals surface area contributed by atoms with E-state index in [4.69, 9.17) is 0 Å². The number of fused-ring (bicyclic) bond motifs is 1. The van der Waals surface area contributed by atoms with Gasteiger partial charge in [0, 0.05) is 17.3 Å². The highest BCUT2D eigenvalue weighted by Crippen LogP contribution is 2.41. The molecule has 2 aliphatic heterocycles. The average molecular weight is 448 g/mol. The number of hydrogen-bond acceptors (Lipinski definition) is 3. The molecule has 33 heavy (non-hydrogen) atoms. The lowest BCUT2D eigenvalue weighted by Gasteiger charge is -2.46. The summed E-state index contributed by atoms with van der Waals surface area (Å²) < 4.78 is 13.2. The summed E-state index contributed by atoms with van der Waals surface area (Å²) in [5.41, 5.74) is 6.22. The van der Waals surface area contributed by atoms with Crippen molar-refractivity contribution >= 4 is 29.3 Å². The quantitative estimate of drug-likeness (QED) is 0.488. The summed E-state index contributed by atoms with van der Waals surface area (Å²) in [5.74, 6) is -0.748. The van der Waals surface area contributed by atoms with E-state index >= 15 is 0 Å². The SMILES string of the molecule is CC1=CC(C)(C)N(C(C)C)c2cc(C)c(/C=C3\NC(=O)N(Cc4ccc(F)cc4)C3=O)cc21. The fourth-order valence-corrected chi connectivity index (χ4v) is 4.95. The van der Waals surface area contributed by atoms with Gasteiger partial charge < -0.3 is 10.2 Å². The fourth-order valence-electron chi connectivity index (χ4n) is 4.95. The van der Waals surface area contributed by atoms with Gasteiger partial charge in [0.25, 0.3) is 5.91 Å². The first kappa shape index (κ1) is 22.8. The third-order valence-electron chi connectivity index (χ3n) is 6.29. The second-order valence-electron chi connectivity index (χ2n) is 9.68. The van der Waals surface area contributed by atoms with Gasteiger partial charge in [0.15, 0.2) is 0 Å². The Bertz CT molecular complexity index is 1190. The van der Waals surface area contributed by atoms with E-state index in [0.717, 1.165) is 21.6 Å². The van der Waals surface area contributed by atoms with Crippen LogP contribution in [0.25, 0.3) is 11.6 Å². The van der Waals surface area contributed by atoms with Crippen LogP contribution in [0.4, 0.5) is 14.9 Å². The van der Waals surface area contributed by atoms with Crippen molar-refractivity contribution in [3.8, 4) is 0 Å². The maximum absolute atomic E-state index is 13.2. The zero-order chi connectivity index (χ0) is 24.1. The Morgan fingerprint density at radius 3 is 2.39 bits per heavy atom. The average Bonchev–Trinajstić information content (AvgIpc) is 2.97. The van der Waals surface area contributed by atoms with Crippen molar-refractivity contribution < 1.29 is 14.0 Å². The molecule has 0 radical (unpaired) electrons. The number of hydrogen-bond donors (Lipinski definition) is 1. The lowest BCUT2D eigenvalue weighted by Crippen LogP contribution is -2.49. The maximum Gasteiger partial charge on any atom is 0.329 e. The topological polar surface area (TPSA) is 52.7 Å². The summed E-state index contributed by atoms with van der Waals surface area (Å²) in [6.07, 6.45) is 4.02. The number of carbonyl (C=O) groups excluding carboxylic acids is 2. The van der Waals surface area contributed by atoms with Crippen LogP contribution in [0.1, 0.15) is 56.9 Å². The molecule has 6 heteroatoms. The molecule has 4 rings (SSSR count). The van der Waals surface area contributed by atoms with E-state index in [-0.39, 0.29) is 23.6 Å². The number of allylic oxidation sites excluding steroid dienone is 1. The molecular formula is C27H30FN3O2. The largest absolute Gasteiger partial charge is 0.360 e. The van der Waals surface area contributed by atoms with Gasteiger partial charge in [-0.1, -0.05) is 18.2 Å². The molecule has 0 bridgehead atoms. The first-order valence-electron chi connectivity index (χ1n) is 11.2. The predicted octanol–water partition coefficient (Wildman–Crippen LogP) is 5.64. The van der Waals surface area contributed by atoms with Gasteiger partial charge in [-0.15, -0.1) is 0 Å². The molecule has 1 saturated heterocycles. The molecule has 1 fully saturated rings. The number of imide groups is 1. The number of urea groups is 1. The van der Waals surface area contributed by atoms with Gasteiger partial charge in [0.2, 0.25) is 0 Å². The van der Waals surface area contributed by atoms with Crippen LogP contribution in [0.2, 0.25) is 0 Å². The summed E-state index contributed by atoms with van der Waals surface area (Å²) in [7, 11) is 0. The molecule has 0 atom stereocenters. The zero-order valence-electron chi connectivity index (χ0n) is 20.0. The van der Waals surface area contributed by atoms with Gasteiger partial charge >= 0.3 is 6.03 Å². The van der Waals surface area contributed by atoms with Crippen molar-refractivity contribution in [2.75, 3.05) is 4.90 Å². The van der Waals surface area contributed by atoms with Crippen LogP contribution in [0.3, 0.4) is 0 Å². The maximum atomic E-state index is 13.2. The highest BCUT2D eigenvalue weighted by molar-refractivity contribution is 6.14. The first-order valence-corrected chi connectivity index (χ1v) is 11.2. The molecule has 0 aliphatic carbocycles. The van der Waals surface area contributed by atoms with Crippen molar-refractivity contribution in [3.63, 3.8) is 0 Å². The van der Waals surface area contributed by atoms with Crippen LogP contribution in [0, 0.1) is 12.7 Å². The number of rotatable bonds is 4. The number of nitrogens with zero attached hydrogens (tertiary/aromatic N) is 2. The molecule has 2 aliphatic rings. The highest BCUT2D eigenvalue weighted by atomic mass is 19.1. The number of halogens is 1. The minimum atomic E-state index is -0.477. The molecule has 0 saturated carbocycles. The molecule has 5 nitrogen and oxygen atoms in total. The molecule has 2 aromatic carbocycles. The molecule has 0 spiro atoms. The van der Waals surface area contributed by atoms with E-state index in [0.29, 0.717) is 11.6 Å². The van der Waals surface area contributed by atoms with Crippen LogP contribution in [-0.2, 0) is 11.3 Å². The Labute approximate surface area is 194 Å². The number of nitrogens with one attached hydrogen (secondary N) is 1. The van der Waals surface area contributed by atoms with Crippen LogP contribution in [0.5, 0.6) is 0 Å². The Morgan fingerprint density at radius 1 is 1.09 bits per heavy atom. The van der Waals surface area contributed by atoms with Gasteiger partial charge in [0.1, 0.15) is 11.5 Å². The lowest BCUT2D eigenvalue weighted by atomic mass is 9.85. The second-order valence-corrected chi connectivity index (χ2v) is 9.68. The second kappa shape index (κ2) is 8.18. The predicted molar refractivity (Wildman–Crippen MR) is 130 cm³/mol. The minimum absolute atomic E-state index is 0.0890. The molecule has 3 amide bonds. The third kappa shape index (κ3) is 4.17. The van der Waals surface area contributed by atoms with Crippen LogP contribution in [0.15, 0.2) is 48.2 Å². The van der Waals surface area contributed by atoms with Gasteiger partial charge in [-0.25, -0.2) is 9.18 Å². The van der Waals surface area contributed by atoms with Crippen molar-refractivity contribution in [2.45, 2.75) is 59.7 Å². The molecular weight excluding hydrogens is 417 g/mol. The van der Waals surface area contributed by atoms with E-state index in [9.17, 15) is 14.0 Å². The van der Waals surface area contributed by atoms with Gasteiger partial charge in [-0.2, -0.15) is 0 Å². The van der Waals surface area contributed by atoms with E-state index < -0.39 is 11.9 Å². The first-order chi connectivity index (χ1) is 15.5. The Kier molecular flexibility index (Phi) is 5.64. The van der Waals surface area contributed by atoms with Crippen LogP contribution in [-0.4, -0.2) is 28.4 Å². The zero-order valence-corrected chi connectivity index (χ0v) is 20.0. The molecule has 0 aromatic heterocycles. The van der Waals surface area contributed by atoms with Crippen molar-refractivity contribution in [3.05, 3.63) is 76.2 Å². The number of benzene rings is 2. The van der Waals surface area contributed by atoms with Crippen molar-refractivity contribution in [1.82, 2.24) is 10.2 Å². The Balaban J connectivity index is 1.67. The minimum Gasteiger partial charge on any atom is -0.360 e.